The highest BCUT2D eigenvalue weighted by Gasteiger charge is 2.27. The molecule has 1 aromatic rings. The molecular formula is C16H26N2O2. The maximum atomic E-state index is 5.52. The van der Waals surface area contributed by atoms with Gasteiger partial charge in [0, 0.05) is 24.2 Å². The van der Waals surface area contributed by atoms with Crippen LogP contribution < -0.4 is 14.8 Å². The van der Waals surface area contributed by atoms with Crippen LogP contribution in [0.3, 0.4) is 0 Å². The van der Waals surface area contributed by atoms with Crippen LogP contribution in [-0.4, -0.2) is 45.8 Å². The molecule has 1 fully saturated rings. The number of methoxy groups -OCH3 is 2. The van der Waals surface area contributed by atoms with Gasteiger partial charge in [-0.1, -0.05) is 6.07 Å². The SMILES string of the molecule is CNCC1CCN(C(C)c2ccc(OC)cc2OC)C1. The summed E-state index contributed by atoms with van der Waals surface area (Å²) in [6, 6.07) is 6.47. The zero-order chi connectivity index (χ0) is 14.5. The summed E-state index contributed by atoms with van der Waals surface area (Å²) in [7, 11) is 5.43. The molecule has 2 atom stereocenters. The Kier molecular flexibility index (Phi) is 5.26. The first-order chi connectivity index (χ1) is 9.69. The number of benzene rings is 1. The molecule has 0 aromatic heterocycles. The summed E-state index contributed by atoms with van der Waals surface area (Å²) >= 11 is 0. The molecule has 1 heterocycles. The lowest BCUT2D eigenvalue weighted by Gasteiger charge is -2.26. The van der Waals surface area contributed by atoms with Crippen LogP contribution in [0.4, 0.5) is 0 Å². The number of nitrogens with one attached hydrogen (secondary N) is 1. The van der Waals surface area contributed by atoms with Gasteiger partial charge in [-0.25, -0.2) is 0 Å². The van der Waals surface area contributed by atoms with Crippen LogP contribution >= 0.6 is 0 Å². The largest absolute Gasteiger partial charge is 0.497 e. The minimum atomic E-state index is 0.373. The molecule has 0 amide bonds. The van der Waals surface area contributed by atoms with Crippen LogP contribution in [0.5, 0.6) is 11.5 Å². The lowest BCUT2D eigenvalue weighted by atomic mass is 10.1. The average Bonchev–Trinajstić information content (AvgIpc) is 2.94. The van der Waals surface area contributed by atoms with Crippen molar-refractivity contribution in [3.8, 4) is 11.5 Å². The molecule has 0 bridgehead atoms. The van der Waals surface area contributed by atoms with Crippen LogP contribution in [0.15, 0.2) is 18.2 Å². The molecule has 1 aliphatic rings. The molecule has 4 heteroatoms. The van der Waals surface area contributed by atoms with Gasteiger partial charge in [0.1, 0.15) is 11.5 Å². The number of rotatable bonds is 6. The molecule has 0 saturated carbocycles. The van der Waals surface area contributed by atoms with Crippen LogP contribution in [0.1, 0.15) is 24.9 Å². The van der Waals surface area contributed by atoms with E-state index in [0.29, 0.717) is 6.04 Å². The molecule has 1 aromatic carbocycles. The summed E-state index contributed by atoms with van der Waals surface area (Å²) in [4.78, 5) is 2.53. The highest BCUT2D eigenvalue weighted by Crippen LogP contribution is 2.34. The summed E-state index contributed by atoms with van der Waals surface area (Å²) in [6.07, 6.45) is 1.27. The van der Waals surface area contributed by atoms with E-state index in [4.69, 9.17) is 9.47 Å². The standard InChI is InChI=1S/C16H26N2O2/c1-12(18-8-7-13(11-18)10-17-2)15-6-5-14(19-3)9-16(15)20-4/h5-6,9,12-13,17H,7-8,10-11H2,1-4H3. The summed E-state index contributed by atoms with van der Waals surface area (Å²) in [5.74, 6) is 2.51. The second-order valence-corrected chi connectivity index (χ2v) is 5.49. The molecule has 1 N–H and O–H groups in total. The summed E-state index contributed by atoms with van der Waals surface area (Å²) in [5.41, 5.74) is 1.23. The van der Waals surface area contributed by atoms with E-state index >= 15 is 0 Å². The zero-order valence-corrected chi connectivity index (χ0v) is 13.0. The van der Waals surface area contributed by atoms with Crippen molar-refractivity contribution in [3.63, 3.8) is 0 Å². The summed E-state index contributed by atoms with van der Waals surface area (Å²) in [6.45, 7) is 5.66. The number of hydrogen-bond acceptors (Lipinski definition) is 4. The van der Waals surface area contributed by atoms with Gasteiger partial charge < -0.3 is 14.8 Å². The van der Waals surface area contributed by atoms with E-state index in [0.717, 1.165) is 37.1 Å². The fourth-order valence-electron chi connectivity index (χ4n) is 3.03. The van der Waals surface area contributed by atoms with Gasteiger partial charge >= 0.3 is 0 Å². The van der Waals surface area contributed by atoms with Crippen molar-refractivity contribution in [1.82, 2.24) is 10.2 Å². The van der Waals surface area contributed by atoms with Crippen molar-refractivity contribution in [2.45, 2.75) is 19.4 Å². The van der Waals surface area contributed by atoms with E-state index in [1.165, 1.54) is 12.0 Å². The van der Waals surface area contributed by atoms with E-state index in [1.54, 1.807) is 14.2 Å². The van der Waals surface area contributed by atoms with E-state index < -0.39 is 0 Å². The predicted octanol–water partition coefficient (Wildman–Crippen LogP) is 2.31. The van der Waals surface area contributed by atoms with Gasteiger partial charge in [-0.3, -0.25) is 4.90 Å². The molecule has 20 heavy (non-hydrogen) atoms. The Labute approximate surface area is 122 Å². The zero-order valence-electron chi connectivity index (χ0n) is 13.0. The van der Waals surface area contributed by atoms with Crippen molar-refractivity contribution in [2.75, 3.05) is 40.9 Å². The Morgan fingerprint density at radius 3 is 2.80 bits per heavy atom. The second kappa shape index (κ2) is 6.95. The molecular weight excluding hydrogens is 252 g/mol. The van der Waals surface area contributed by atoms with Crippen LogP contribution in [0.25, 0.3) is 0 Å². The minimum absolute atomic E-state index is 0.373. The highest BCUT2D eigenvalue weighted by molar-refractivity contribution is 5.42. The second-order valence-electron chi connectivity index (χ2n) is 5.49. The van der Waals surface area contributed by atoms with Gasteiger partial charge in [-0.15, -0.1) is 0 Å². The van der Waals surface area contributed by atoms with Gasteiger partial charge in [0.25, 0.3) is 0 Å². The molecule has 1 saturated heterocycles. The molecule has 2 unspecified atom stereocenters. The first-order valence-electron chi connectivity index (χ1n) is 7.30. The Bertz CT molecular complexity index is 436. The van der Waals surface area contributed by atoms with E-state index in [-0.39, 0.29) is 0 Å². The number of hydrogen-bond donors (Lipinski definition) is 1. The lowest BCUT2D eigenvalue weighted by Crippen LogP contribution is -2.27. The third kappa shape index (κ3) is 3.25. The van der Waals surface area contributed by atoms with Crippen molar-refractivity contribution < 1.29 is 9.47 Å². The topological polar surface area (TPSA) is 33.7 Å². The van der Waals surface area contributed by atoms with E-state index in [2.05, 4.69) is 23.2 Å². The van der Waals surface area contributed by atoms with Crippen molar-refractivity contribution in [1.29, 1.82) is 0 Å². The van der Waals surface area contributed by atoms with Gasteiger partial charge in [0.2, 0.25) is 0 Å². The fourth-order valence-corrected chi connectivity index (χ4v) is 3.03. The van der Waals surface area contributed by atoms with Gasteiger partial charge in [0.05, 0.1) is 14.2 Å². The molecule has 0 radical (unpaired) electrons. The van der Waals surface area contributed by atoms with Gasteiger partial charge in [0.15, 0.2) is 0 Å². The Morgan fingerprint density at radius 2 is 2.15 bits per heavy atom. The Morgan fingerprint density at radius 1 is 1.35 bits per heavy atom. The van der Waals surface area contributed by atoms with Gasteiger partial charge in [-0.05, 0) is 45.5 Å². The highest BCUT2D eigenvalue weighted by atomic mass is 16.5. The Hall–Kier alpha value is -1.26. The smallest absolute Gasteiger partial charge is 0.127 e. The molecule has 112 valence electrons. The first-order valence-corrected chi connectivity index (χ1v) is 7.30. The molecule has 0 aliphatic carbocycles. The van der Waals surface area contributed by atoms with Crippen molar-refractivity contribution in [3.05, 3.63) is 23.8 Å². The average molecular weight is 278 g/mol. The number of likely N-dealkylation sites (tertiary alicyclic amines) is 1. The normalized spacial score (nSPS) is 20.9. The molecule has 4 nitrogen and oxygen atoms in total. The molecule has 1 aliphatic heterocycles. The first kappa shape index (κ1) is 15.1. The summed E-state index contributed by atoms with van der Waals surface area (Å²) in [5, 5.41) is 3.28. The van der Waals surface area contributed by atoms with Crippen LogP contribution in [0.2, 0.25) is 0 Å². The molecule has 0 spiro atoms. The van der Waals surface area contributed by atoms with E-state index in [9.17, 15) is 0 Å². The van der Waals surface area contributed by atoms with Crippen LogP contribution in [-0.2, 0) is 0 Å². The molecule has 2 rings (SSSR count). The lowest BCUT2D eigenvalue weighted by molar-refractivity contribution is 0.246. The summed E-state index contributed by atoms with van der Waals surface area (Å²) < 4.78 is 10.8. The minimum Gasteiger partial charge on any atom is -0.497 e. The third-order valence-electron chi connectivity index (χ3n) is 4.25. The third-order valence-corrected chi connectivity index (χ3v) is 4.25. The van der Waals surface area contributed by atoms with Crippen LogP contribution in [0, 0.1) is 5.92 Å². The van der Waals surface area contributed by atoms with Crippen molar-refractivity contribution in [2.24, 2.45) is 5.92 Å². The maximum absolute atomic E-state index is 5.52. The quantitative estimate of drug-likeness (QED) is 0.866. The monoisotopic (exact) mass is 278 g/mol. The maximum Gasteiger partial charge on any atom is 0.127 e. The number of nitrogens with zero attached hydrogens (tertiary/aromatic N) is 1. The Balaban J connectivity index is 2.11. The van der Waals surface area contributed by atoms with E-state index in [1.807, 2.05) is 19.2 Å². The van der Waals surface area contributed by atoms with Gasteiger partial charge in [-0.2, -0.15) is 0 Å². The predicted molar refractivity (Wildman–Crippen MR) is 81.6 cm³/mol. The fraction of sp³-hybridized carbons (Fsp3) is 0.625. The van der Waals surface area contributed by atoms with Crippen molar-refractivity contribution >= 4 is 0 Å². The number of ether oxygens (including phenoxy) is 2.